The number of aromatic amines is 1. The molecule has 0 atom stereocenters. The van der Waals surface area contributed by atoms with Crippen molar-refractivity contribution in [3.63, 3.8) is 0 Å². The number of hydrogen-bond acceptors (Lipinski definition) is 5. The summed E-state index contributed by atoms with van der Waals surface area (Å²) in [7, 11) is 0. The van der Waals surface area contributed by atoms with Crippen LogP contribution in [0.2, 0.25) is 0 Å². The maximum absolute atomic E-state index is 9.24. The van der Waals surface area contributed by atoms with Gasteiger partial charge < -0.3 is 5.11 Å². The van der Waals surface area contributed by atoms with E-state index in [1.165, 1.54) is 0 Å². The Bertz CT molecular complexity index is 785. The van der Waals surface area contributed by atoms with Gasteiger partial charge in [0, 0.05) is 0 Å². The van der Waals surface area contributed by atoms with Crippen LogP contribution >= 0.6 is 23.6 Å². The van der Waals surface area contributed by atoms with Crippen molar-refractivity contribution in [1.82, 2.24) is 14.9 Å². The van der Waals surface area contributed by atoms with E-state index < -0.39 is 0 Å². The van der Waals surface area contributed by atoms with Crippen molar-refractivity contribution < 1.29 is 5.11 Å². The lowest BCUT2D eigenvalue weighted by atomic mass is 10.2. The summed E-state index contributed by atoms with van der Waals surface area (Å²) in [5, 5.41) is 22.5. The lowest BCUT2D eigenvalue weighted by molar-refractivity contribution is 0.475. The Hall–Kier alpha value is -2.25. The van der Waals surface area contributed by atoms with E-state index in [1.54, 1.807) is 46.5 Å². The highest BCUT2D eigenvalue weighted by molar-refractivity contribution is 7.71. The Morgan fingerprint density at radius 1 is 1.30 bits per heavy atom. The van der Waals surface area contributed by atoms with Crippen LogP contribution in [-0.2, 0) is 0 Å². The summed E-state index contributed by atoms with van der Waals surface area (Å²) in [6.45, 7) is 0. The van der Waals surface area contributed by atoms with E-state index in [1.807, 2.05) is 17.5 Å². The molecule has 0 aliphatic carbocycles. The van der Waals surface area contributed by atoms with Gasteiger partial charge in [-0.2, -0.15) is 14.9 Å². The quantitative estimate of drug-likeness (QED) is 0.576. The van der Waals surface area contributed by atoms with Crippen LogP contribution in [0.25, 0.3) is 10.7 Å². The van der Waals surface area contributed by atoms with E-state index >= 15 is 0 Å². The van der Waals surface area contributed by atoms with Gasteiger partial charge >= 0.3 is 0 Å². The normalized spacial score (nSPS) is 11.2. The number of aromatic hydroxyl groups is 1. The second-order valence-electron chi connectivity index (χ2n) is 3.98. The average molecular weight is 302 g/mol. The third-order valence-electron chi connectivity index (χ3n) is 2.61. The van der Waals surface area contributed by atoms with E-state index in [-0.39, 0.29) is 5.75 Å². The smallest absolute Gasteiger partial charge is 0.216 e. The predicted molar refractivity (Wildman–Crippen MR) is 81.8 cm³/mol. The third kappa shape index (κ3) is 2.54. The van der Waals surface area contributed by atoms with Crippen LogP contribution in [-0.4, -0.2) is 26.2 Å². The first-order valence-corrected chi connectivity index (χ1v) is 7.07. The molecule has 2 N–H and O–H groups in total. The molecule has 3 rings (SSSR count). The van der Waals surface area contributed by atoms with Crippen LogP contribution in [0.1, 0.15) is 5.56 Å². The largest absolute Gasteiger partial charge is 0.508 e. The van der Waals surface area contributed by atoms with Gasteiger partial charge in [0.1, 0.15) is 5.75 Å². The van der Waals surface area contributed by atoms with E-state index in [4.69, 9.17) is 12.2 Å². The van der Waals surface area contributed by atoms with E-state index in [0.717, 1.165) is 10.4 Å². The summed E-state index contributed by atoms with van der Waals surface area (Å²) in [5.41, 5.74) is 0.864. The molecule has 1 aromatic carbocycles. The molecule has 3 aromatic rings. The number of benzene rings is 1. The summed E-state index contributed by atoms with van der Waals surface area (Å²) in [6.07, 6.45) is 1.67. The summed E-state index contributed by atoms with van der Waals surface area (Å²) >= 11 is 6.75. The van der Waals surface area contributed by atoms with Crippen molar-refractivity contribution in [3.05, 3.63) is 52.1 Å². The molecule has 5 nitrogen and oxygen atoms in total. The van der Waals surface area contributed by atoms with Crippen LogP contribution in [0.5, 0.6) is 5.75 Å². The molecule has 2 aromatic heterocycles. The SMILES string of the molecule is Oc1ccc(C=Nn2c(-c3cccs3)n[nH]c2=S)cc1. The average Bonchev–Trinajstić information content (AvgIpc) is 3.08. The molecular weight excluding hydrogens is 292 g/mol. The summed E-state index contributed by atoms with van der Waals surface area (Å²) in [5.74, 6) is 0.904. The zero-order valence-corrected chi connectivity index (χ0v) is 11.9. The highest BCUT2D eigenvalue weighted by atomic mass is 32.1. The van der Waals surface area contributed by atoms with Crippen molar-refractivity contribution in [3.8, 4) is 16.5 Å². The van der Waals surface area contributed by atoms with Crippen LogP contribution in [0, 0.1) is 4.77 Å². The first kappa shape index (κ1) is 12.8. The van der Waals surface area contributed by atoms with Crippen molar-refractivity contribution >= 4 is 29.8 Å². The molecule has 0 aliphatic heterocycles. The minimum absolute atomic E-state index is 0.223. The molecule has 0 bridgehead atoms. The van der Waals surface area contributed by atoms with Crippen LogP contribution in [0.4, 0.5) is 0 Å². The van der Waals surface area contributed by atoms with Gasteiger partial charge in [0.15, 0.2) is 5.82 Å². The monoisotopic (exact) mass is 302 g/mol. The first-order chi connectivity index (χ1) is 9.74. The zero-order chi connectivity index (χ0) is 13.9. The van der Waals surface area contributed by atoms with Crippen molar-refractivity contribution in [2.24, 2.45) is 5.10 Å². The van der Waals surface area contributed by atoms with Gasteiger partial charge in [-0.25, -0.2) is 5.10 Å². The number of phenolic OH excluding ortho intramolecular Hbond substituents is 1. The molecule has 0 radical (unpaired) electrons. The topological polar surface area (TPSA) is 66.2 Å². The van der Waals surface area contributed by atoms with Crippen LogP contribution in [0.15, 0.2) is 46.9 Å². The molecule has 0 saturated heterocycles. The highest BCUT2D eigenvalue weighted by Crippen LogP contribution is 2.22. The van der Waals surface area contributed by atoms with Gasteiger partial charge in [-0.15, -0.1) is 11.3 Å². The Kier molecular flexibility index (Phi) is 3.44. The number of thiophene rings is 1. The number of H-pyrrole nitrogens is 1. The van der Waals surface area contributed by atoms with Gasteiger partial charge in [0.25, 0.3) is 0 Å². The van der Waals surface area contributed by atoms with Crippen LogP contribution in [0.3, 0.4) is 0 Å². The molecule has 7 heteroatoms. The van der Waals surface area contributed by atoms with Crippen molar-refractivity contribution in [2.45, 2.75) is 0 Å². The molecule has 0 aliphatic rings. The lowest BCUT2D eigenvalue weighted by Crippen LogP contribution is -1.93. The maximum Gasteiger partial charge on any atom is 0.216 e. The number of nitrogens with zero attached hydrogens (tertiary/aromatic N) is 3. The minimum Gasteiger partial charge on any atom is -0.508 e. The Labute approximate surface area is 123 Å². The second-order valence-corrected chi connectivity index (χ2v) is 5.31. The fourth-order valence-electron chi connectivity index (χ4n) is 1.65. The molecule has 0 amide bonds. The maximum atomic E-state index is 9.24. The van der Waals surface area contributed by atoms with E-state index in [0.29, 0.717) is 10.6 Å². The number of nitrogens with one attached hydrogen (secondary N) is 1. The van der Waals surface area contributed by atoms with Gasteiger partial charge in [0.2, 0.25) is 4.77 Å². The number of hydrogen-bond donors (Lipinski definition) is 2. The third-order valence-corrected chi connectivity index (χ3v) is 3.74. The Balaban J connectivity index is 1.97. The van der Waals surface area contributed by atoms with Gasteiger partial charge in [-0.05, 0) is 53.5 Å². The molecule has 0 spiro atoms. The standard InChI is InChI=1S/C13H10N4OS2/c18-10-5-3-9(4-6-10)8-14-17-12(15-16-13(17)19)11-2-1-7-20-11/h1-8,18H,(H,16,19). The minimum atomic E-state index is 0.223. The number of phenols is 1. The fraction of sp³-hybridized carbons (Fsp3) is 0. The van der Waals surface area contributed by atoms with Gasteiger partial charge in [-0.3, -0.25) is 0 Å². The summed E-state index contributed by atoms with van der Waals surface area (Å²) in [6, 6.07) is 10.7. The van der Waals surface area contributed by atoms with Gasteiger partial charge in [-0.1, -0.05) is 6.07 Å². The fourth-order valence-corrected chi connectivity index (χ4v) is 2.53. The molecular formula is C13H10N4OS2. The Morgan fingerprint density at radius 2 is 2.10 bits per heavy atom. The van der Waals surface area contributed by atoms with Crippen molar-refractivity contribution in [2.75, 3.05) is 0 Å². The number of rotatable bonds is 3. The molecule has 0 saturated carbocycles. The van der Waals surface area contributed by atoms with E-state index in [9.17, 15) is 5.11 Å². The molecule has 0 fully saturated rings. The molecule has 20 heavy (non-hydrogen) atoms. The van der Waals surface area contributed by atoms with Crippen LogP contribution < -0.4 is 0 Å². The predicted octanol–water partition coefficient (Wildman–Crippen LogP) is 3.26. The van der Waals surface area contributed by atoms with Gasteiger partial charge in [0.05, 0.1) is 11.1 Å². The number of aromatic nitrogens is 3. The summed E-state index contributed by atoms with van der Waals surface area (Å²) in [4.78, 5) is 0.986. The molecule has 100 valence electrons. The highest BCUT2D eigenvalue weighted by Gasteiger charge is 2.08. The zero-order valence-electron chi connectivity index (χ0n) is 10.2. The van der Waals surface area contributed by atoms with Crippen molar-refractivity contribution in [1.29, 1.82) is 0 Å². The molecule has 2 heterocycles. The van der Waals surface area contributed by atoms with E-state index in [2.05, 4.69) is 15.3 Å². The lowest BCUT2D eigenvalue weighted by Gasteiger charge is -1.98. The Morgan fingerprint density at radius 3 is 2.80 bits per heavy atom. The molecule has 0 unspecified atom stereocenters. The second kappa shape index (κ2) is 5.40. The summed E-state index contributed by atoms with van der Waals surface area (Å²) < 4.78 is 2.01. The first-order valence-electron chi connectivity index (χ1n) is 5.79.